The molecule has 0 radical (unpaired) electrons. The molecular weight excluding hydrogens is 484 g/mol. The van der Waals surface area contributed by atoms with E-state index in [1.54, 1.807) is 47.4 Å². The number of hydrogen-bond acceptors (Lipinski definition) is 6. The molecule has 10 nitrogen and oxygen atoms in total. The summed E-state index contributed by atoms with van der Waals surface area (Å²) in [5.74, 6) is -0.161. The fraction of sp³-hybridized carbons (Fsp3) is 0.240. The minimum Gasteiger partial charge on any atom is -0.463 e. The van der Waals surface area contributed by atoms with Crippen molar-refractivity contribution < 1.29 is 14.0 Å². The molecule has 2 N–H and O–H groups in total. The first-order valence-corrected chi connectivity index (χ1v) is 11.8. The van der Waals surface area contributed by atoms with E-state index in [1.165, 1.54) is 17.0 Å². The third-order valence-electron chi connectivity index (χ3n) is 5.91. The van der Waals surface area contributed by atoms with Crippen LogP contribution in [0.1, 0.15) is 31.9 Å². The molecule has 36 heavy (non-hydrogen) atoms. The van der Waals surface area contributed by atoms with E-state index in [0.717, 1.165) is 0 Å². The number of nitrogens with one attached hydrogen (secondary N) is 2. The van der Waals surface area contributed by atoms with Gasteiger partial charge in [-0.2, -0.15) is 9.78 Å². The summed E-state index contributed by atoms with van der Waals surface area (Å²) in [5, 5.41) is 7.94. The second-order valence-corrected chi connectivity index (χ2v) is 9.26. The van der Waals surface area contributed by atoms with Crippen molar-refractivity contribution >= 4 is 34.9 Å². The first-order chi connectivity index (χ1) is 17.3. The molecule has 1 aliphatic rings. The molecule has 11 heteroatoms. The van der Waals surface area contributed by atoms with Crippen LogP contribution in [-0.2, 0) is 9.59 Å². The number of benzene rings is 1. The van der Waals surface area contributed by atoms with Gasteiger partial charge in [-0.25, -0.2) is 4.98 Å². The van der Waals surface area contributed by atoms with Crippen LogP contribution in [-0.4, -0.2) is 38.1 Å². The van der Waals surface area contributed by atoms with Gasteiger partial charge in [0.1, 0.15) is 11.5 Å². The quantitative estimate of drug-likeness (QED) is 0.407. The van der Waals surface area contributed by atoms with Crippen molar-refractivity contribution in [3.63, 3.8) is 0 Å². The van der Waals surface area contributed by atoms with E-state index in [2.05, 4.69) is 20.4 Å². The van der Waals surface area contributed by atoms with Gasteiger partial charge < -0.3 is 14.6 Å². The maximum atomic E-state index is 13.2. The standard InChI is InChI=1S/C25H23ClN6O4/c1-14(2)18-12-22(33)29-25(27-18)32-21(11-19(30-32)20-4-3-9-36-20)28-24(35)15-10-23(34)31(13-15)17-7-5-16(26)6-8-17/h3-9,11-12,14-15H,10,13H2,1-2H3,(H,28,35)(H,27,29,33). The molecule has 1 saturated heterocycles. The second kappa shape index (κ2) is 9.46. The van der Waals surface area contributed by atoms with Gasteiger partial charge in [-0.3, -0.25) is 19.4 Å². The predicted octanol–water partition coefficient (Wildman–Crippen LogP) is 3.98. The Kier molecular flexibility index (Phi) is 6.19. The topological polar surface area (TPSA) is 126 Å². The number of anilines is 2. The van der Waals surface area contributed by atoms with Crippen molar-refractivity contribution in [2.75, 3.05) is 16.8 Å². The maximum Gasteiger partial charge on any atom is 0.252 e. The molecule has 0 spiro atoms. The fourth-order valence-corrected chi connectivity index (χ4v) is 4.14. The van der Waals surface area contributed by atoms with Gasteiger partial charge in [0.2, 0.25) is 17.8 Å². The van der Waals surface area contributed by atoms with Gasteiger partial charge in [0.15, 0.2) is 5.76 Å². The highest BCUT2D eigenvalue weighted by Crippen LogP contribution is 2.29. The number of halogens is 1. The molecule has 184 valence electrons. The lowest BCUT2D eigenvalue weighted by molar-refractivity contribution is -0.122. The number of rotatable bonds is 6. The predicted molar refractivity (Wildman–Crippen MR) is 134 cm³/mol. The Hall–Kier alpha value is -4.18. The number of furan rings is 1. The highest BCUT2D eigenvalue weighted by molar-refractivity contribution is 6.30. The molecule has 2 amide bonds. The van der Waals surface area contributed by atoms with Crippen molar-refractivity contribution in [2.24, 2.45) is 5.92 Å². The molecular formula is C25H23ClN6O4. The van der Waals surface area contributed by atoms with Crippen LogP contribution in [0.4, 0.5) is 11.5 Å². The molecule has 0 bridgehead atoms. The Bertz CT molecular complexity index is 1470. The summed E-state index contributed by atoms with van der Waals surface area (Å²) in [6, 6.07) is 13.4. The van der Waals surface area contributed by atoms with E-state index in [-0.39, 0.29) is 48.0 Å². The van der Waals surface area contributed by atoms with Crippen LogP contribution >= 0.6 is 11.6 Å². The molecule has 0 aliphatic carbocycles. The van der Waals surface area contributed by atoms with Crippen LogP contribution < -0.4 is 15.8 Å². The van der Waals surface area contributed by atoms with Gasteiger partial charge in [0, 0.05) is 35.8 Å². The second-order valence-electron chi connectivity index (χ2n) is 8.82. The number of carbonyl (C=O) groups is 2. The number of hydrogen-bond donors (Lipinski definition) is 2. The first kappa shape index (κ1) is 23.6. The van der Waals surface area contributed by atoms with Gasteiger partial charge in [0.05, 0.1) is 17.9 Å². The third kappa shape index (κ3) is 4.67. The molecule has 1 aliphatic heterocycles. The minimum atomic E-state index is -0.586. The number of aromatic amines is 1. The minimum absolute atomic E-state index is 0.00699. The Morgan fingerprint density at radius 2 is 1.97 bits per heavy atom. The van der Waals surface area contributed by atoms with Crippen molar-refractivity contribution in [3.8, 4) is 17.4 Å². The van der Waals surface area contributed by atoms with E-state index in [1.807, 2.05) is 13.8 Å². The van der Waals surface area contributed by atoms with Gasteiger partial charge in [-0.05, 0) is 42.3 Å². The van der Waals surface area contributed by atoms with Crippen LogP contribution in [0, 0.1) is 5.92 Å². The SMILES string of the molecule is CC(C)c1cc(=O)[nH]c(-n2nc(-c3ccco3)cc2NC(=O)C2CC(=O)N(c3ccc(Cl)cc3)C2)n1. The van der Waals surface area contributed by atoms with Gasteiger partial charge in [0.25, 0.3) is 5.56 Å². The van der Waals surface area contributed by atoms with Crippen molar-refractivity contribution in [1.82, 2.24) is 19.7 Å². The van der Waals surface area contributed by atoms with Crippen LogP contribution in [0.3, 0.4) is 0 Å². The number of nitrogens with zero attached hydrogens (tertiary/aromatic N) is 4. The van der Waals surface area contributed by atoms with E-state index < -0.39 is 5.92 Å². The van der Waals surface area contributed by atoms with E-state index in [9.17, 15) is 14.4 Å². The van der Waals surface area contributed by atoms with E-state index >= 15 is 0 Å². The highest BCUT2D eigenvalue weighted by Gasteiger charge is 2.35. The lowest BCUT2D eigenvalue weighted by Gasteiger charge is -2.17. The molecule has 1 aromatic carbocycles. The Morgan fingerprint density at radius 3 is 2.67 bits per heavy atom. The van der Waals surface area contributed by atoms with E-state index in [4.69, 9.17) is 16.0 Å². The Labute approximate surface area is 210 Å². The first-order valence-electron chi connectivity index (χ1n) is 11.4. The summed E-state index contributed by atoms with van der Waals surface area (Å²) in [6.45, 7) is 4.08. The molecule has 1 atom stereocenters. The van der Waals surface area contributed by atoms with Crippen LogP contribution in [0.5, 0.6) is 0 Å². The lowest BCUT2D eigenvalue weighted by atomic mass is 10.1. The van der Waals surface area contributed by atoms with Gasteiger partial charge in [-0.15, -0.1) is 0 Å². The maximum absolute atomic E-state index is 13.2. The zero-order chi connectivity index (χ0) is 25.4. The van der Waals surface area contributed by atoms with Gasteiger partial charge in [-0.1, -0.05) is 25.4 Å². The summed E-state index contributed by atoms with van der Waals surface area (Å²) >= 11 is 5.96. The monoisotopic (exact) mass is 506 g/mol. The van der Waals surface area contributed by atoms with Gasteiger partial charge >= 0.3 is 0 Å². The van der Waals surface area contributed by atoms with Crippen LogP contribution in [0.15, 0.2) is 64.0 Å². The van der Waals surface area contributed by atoms with E-state index in [0.29, 0.717) is 27.9 Å². The molecule has 0 saturated carbocycles. The smallest absolute Gasteiger partial charge is 0.252 e. The summed E-state index contributed by atoms with van der Waals surface area (Å²) in [4.78, 5) is 47.0. The molecule has 5 rings (SSSR count). The molecule has 1 fully saturated rings. The number of carbonyl (C=O) groups excluding carboxylic acids is 2. The van der Waals surface area contributed by atoms with Crippen LogP contribution in [0.2, 0.25) is 5.02 Å². The molecule has 4 aromatic rings. The van der Waals surface area contributed by atoms with Crippen molar-refractivity contribution in [1.29, 1.82) is 0 Å². The normalized spacial score (nSPS) is 15.6. The summed E-state index contributed by atoms with van der Waals surface area (Å²) in [6.07, 6.45) is 1.58. The number of amides is 2. The van der Waals surface area contributed by atoms with Crippen molar-refractivity contribution in [2.45, 2.75) is 26.2 Å². The Balaban J connectivity index is 1.45. The lowest BCUT2D eigenvalue weighted by Crippen LogP contribution is -2.29. The zero-order valence-electron chi connectivity index (χ0n) is 19.6. The summed E-state index contributed by atoms with van der Waals surface area (Å²) < 4.78 is 6.82. The molecule has 1 unspecified atom stereocenters. The molecule has 4 heterocycles. The Morgan fingerprint density at radius 1 is 1.19 bits per heavy atom. The highest BCUT2D eigenvalue weighted by atomic mass is 35.5. The summed E-state index contributed by atoms with van der Waals surface area (Å²) in [5.41, 5.74) is 1.37. The van der Waals surface area contributed by atoms with Crippen LogP contribution in [0.25, 0.3) is 17.4 Å². The number of aromatic nitrogens is 4. The summed E-state index contributed by atoms with van der Waals surface area (Å²) in [7, 11) is 0. The third-order valence-corrected chi connectivity index (χ3v) is 6.16. The fourth-order valence-electron chi connectivity index (χ4n) is 4.02. The molecule has 3 aromatic heterocycles. The number of H-pyrrole nitrogens is 1. The zero-order valence-corrected chi connectivity index (χ0v) is 20.3. The largest absolute Gasteiger partial charge is 0.463 e. The van der Waals surface area contributed by atoms with Crippen molar-refractivity contribution in [3.05, 3.63) is 75.9 Å². The average molecular weight is 507 g/mol. The average Bonchev–Trinajstić information content (AvgIpc) is 3.59.